The van der Waals surface area contributed by atoms with Gasteiger partial charge in [0.05, 0.1) is 24.6 Å². The fourth-order valence-corrected chi connectivity index (χ4v) is 3.24. The number of nitrogens with zero attached hydrogens (tertiary/aromatic N) is 1. The van der Waals surface area contributed by atoms with Gasteiger partial charge < -0.3 is 36.0 Å². The fourth-order valence-electron chi connectivity index (χ4n) is 3.24. The molecule has 1 atom stereocenters. The second-order valence-corrected chi connectivity index (χ2v) is 7.53. The predicted octanol–water partition coefficient (Wildman–Crippen LogP) is 2.89. The number of rotatable bonds is 9. The van der Waals surface area contributed by atoms with Gasteiger partial charge in [-0.2, -0.15) is 0 Å². The zero-order chi connectivity index (χ0) is 24.5. The molecule has 0 saturated carbocycles. The van der Waals surface area contributed by atoms with Crippen molar-refractivity contribution in [3.63, 3.8) is 0 Å². The van der Waals surface area contributed by atoms with Crippen LogP contribution in [0.1, 0.15) is 27.6 Å². The number of anilines is 2. The molecular weight excluding hydrogens is 438 g/mol. The van der Waals surface area contributed by atoms with Gasteiger partial charge in [-0.25, -0.2) is 4.79 Å². The molecule has 3 rings (SSSR count). The highest BCUT2D eigenvalue weighted by molar-refractivity contribution is 6.05. The SMILES string of the molecule is Nc1ccccc1NC(=O)c1ccc(CN(CCO)C(=O)O[C@H](CO)c2ccc(O)cc2)cc1. The van der Waals surface area contributed by atoms with Crippen LogP contribution in [0.2, 0.25) is 0 Å². The van der Waals surface area contributed by atoms with Crippen molar-refractivity contribution in [1.29, 1.82) is 0 Å². The second-order valence-electron chi connectivity index (χ2n) is 7.53. The van der Waals surface area contributed by atoms with E-state index in [-0.39, 0.29) is 31.4 Å². The molecule has 0 saturated heterocycles. The van der Waals surface area contributed by atoms with Crippen LogP contribution in [-0.2, 0) is 11.3 Å². The molecule has 0 aromatic heterocycles. The normalized spacial score (nSPS) is 11.5. The van der Waals surface area contributed by atoms with Gasteiger partial charge in [-0.3, -0.25) is 4.79 Å². The highest BCUT2D eigenvalue weighted by Gasteiger charge is 2.21. The minimum atomic E-state index is -0.925. The Bertz CT molecular complexity index is 1100. The highest BCUT2D eigenvalue weighted by atomic mass is 16.6. The molecule has 0 aliphatic rings. The van der Waals surface area contributed by atoms with Gasteiger partial charge >= 0.3 is 6.09 Å². The molecule has 0 spiro atoms. The van der Waals surface area contributed by atoms with Gasteiger partial charge in [0.25, 0.3) is 5.91 Å². The lowest BCUT2D eigenvalue weighted by Gasteiger charge is -2.24. The van der Waals surface area contributed by atoms with E-state index in [1.54, 1.807) is 60.7 Å². The number of nitrogen functional groups attached to an aromatic ring is 1. The van der Waals surface area contributed by atoms with Crippen molar-refractivity contribution in [2.75, 3.05) is 30.8 Å². The van der Waals surface area contributed by atoms with E-state index in [0.717, 1.165) is 0 Å². The number of aliphatic hydroxyl groups excluding tert-OH is 2. The number of aromatic hydroxyl groups is 1. The first-order valence-electron chi connectivity index (χ1n) is 10.6. The summed E-state index contributed by atoms with van der Waals surface area (Å²) in [4.78, 5) is 26.5. The maximum absolute atomic E-state index is 12.7. The third-order valence-corrected chi connectivity index (χ3v) is 5.10. The van der Waals surface area contributed by atoms with E-state index in [1.807, 2.05) is 0 Å². The van der Waals surface area contributed by atoms with Crippen LogP contribution in [0.25, 0.3) is 0 Å². The third kappa shape index (κ3) is 6.47. The number of phenolic OH excluding ortho intramolecular Hbond substituents is 1. The van der Waals surface area contributed by atoms with Gasteiger partial charge in [-0.15, -0.1) is 0 Å². The molecule has 0 heterocycles. The number of para-hydroxylation sites is 2. The van der Waals surface area contributed by atoms with Crippen LogP contribution in [0.3, 0.4) is 0 Å². The minimum Gasteiger partial charge on any atom is -0.508 e. The van der Waals surface area contributed by atoms with Crippen molar-refractivity contribution >= 4 is 23.4 Å². The summed E-state index contributed by atoms with van der Waals surface area (Å²) >= 11 is 0. The Morgan fingerprint density at radius 3 is 2.26 bits per heavy atom. The number of amides is 2. The van der Waals surface area contributed by atoms with Crippen LogP contribution >= 0.6 is 0 Å². The van der Waals surface area contributed by atoms with Crippen molar-refractivity contribution in [3.8, 4) is 5.75 Å². The van der Waals surface area contributed by atoms with Crippen molar-refractivity contribution < 1.29 is 29.6 Å². The molecule has 34 heavy (non-hydrogen) atoms. The lowest BCUT2D eigenvalue weighted by atomic mass is 10.1. The van der Waals surface area contributed by atoms with E-state index in [4.69, 9.17) is 10.5 Å². The molecule has 9 heteroatoms. The molecule has 0 aliphatic carbocycles. The Kier molecular flexibility index (Phi) is 8.44. The maximum atomic E-state index is 12.7. The van der Waals surface area contributed by atoms with Crippen LogP contribution in [0, 0.1) is 0 Å². The van der Waals surface area contributed by atoms with Crippen LogP contribution in [0.5, 0.6) is 5.75 Å². The number of aliphatic hydroxyl groups is 2. The molecule has 0 unspecified atom stereocenters. The summed E-state index contributed by atoms with van der Waals surface area (Å²) in [5, 5.41) is 31.2. The number of nitrogens with one attached hydrogen (secondary N) is 1. The molecule has 0 radical (unpaired) electrons. The summed E-state index contributed by atoms with van der Waals surface area (Å²) in [7, 11) is 0. The Balaban J connectivity index is 1.65. The third-order valence-electron chi connectivity index (χ3n) is 5.10. The molecule has 3 aromatic carbocycles. The Morgan fingerprint density at radius 1 is 0.971 bits per heavy atom. The molecule has 3 aromatic rings. The van der Waals surface area contributed by atoms with Gasteiger partial charge in [0.1, 0.15) is 5.75 Å². The van der Waals surface area contributed by atoms with E-state index >= 15 is 0 Å². The molecule has 0 fully saturated rings. The highest BCUT2D eigenvalue weighted by Crippen LogP contribution is 2.22. The summed E-state index contributed by atoms with van der Waals surface area (Å²) in [6.45, 7) is -0.584. The molecule has 9 nitrogen and oxygen atoms in total. The number of ether oxygens (including phenoxy) is 1. The van der Waals surface area contributed by atoms with E-state index in [2.05, 4.69) is 5.32 Å². The summed E-state index contributed by atoms with van der Waals surface area (Å²) in [5.41, 5.74) is 8.48. The molecule has 2 amide bonds. The zero-order valence-electron chi connectivity index (χ0n) is 18.4. The molecule has 178 valence electrons. The first kappa shape index (κ1) is 24.6. The van der Waals surface area contributed by atoms with Gasteiger partial charge in [0.15, 0.2) is 6.10 Å². The summed E-state index contributed by atoms with van der Waals surface area (Å²) in [5.74, 6) is -0.270. The summed E-state index contributed by atoms with van der Waals surface area (Å²) in [6, 6.07) is 19.5. The largest absolute Gasteiger partial charge is 0.508 e. The van der Waals surface area contributed by atoms with Crippen molar-refractivity contribution in [3.05, 3.63) is 89.5 Å². The Hall–Kier alpha value is -4.08. The van der Waals surface area contributed by atoms with Gasteiger partial charge in [-0.1, -0.05) is 36.4 Å². The van der Waals surface area contributed by atoms with E-state index in [1.165, 1.54) is 17.0 Å². The van der Waals surface area contributed by atoms with Crippen LogP contribution in [0.4, 0.5) is 16.2 Å². The lowest BCUT2D eigenvalue weighted by Crippen LogP contribution is -2.35. The number of benzene rings is 3. The number of hydrogen-bond donors (Lipinski definition) is 5. The monoisotopic (exact) mass is 465 g/mol. The molecule has 0 bridgehead atoms. The van der Waals surface area contributed by atoms with Crippen molar-refractivity contribution in [2.24, 2.45) is 0 Å². The number of phenols is 1. The lowest BCUT2D eigenvalue weighted by molar-refractivity contribution is 0.0278. The number of carbonyl (C=O) groups is 2. The number of hydrogen-bond acceptors (Lipinski definition) is 7. The fraction of sp³-hybridized carbons (Fsp3) is 0.200. The quantitative estimate of drug-likeness (QED) is 0.306. The second kappa shape index (κ2) is 11.7. The first-order chi connectivity index (χ1) is 16.4. The van der Waals surface area contributed by atoms with Gasteiger partial charge in [0, 0.05) is 18.7 Å². The minimum absolute atomic E-state index is 0.0160. The molecule has 0 aliphatic heterocycles. The van der Waals surface area contributed by atoms with Gasteiger partial charge in [0.2, 0.25) is 0 Å². The number of nitrogens with two attached hydrogens (primary N) is 1. The predicted molar refractivity (Wildman–Crippen MR) is 127 cm³/mol. The van der Waals surface area contributed by atoms with E-state index in [0.29, 0.717) is 28.1 Å². The van der Waals surface area contributed by atoms with E-state index < -0.39 is 18.8 Å². The first-order valence-corrected chi connectivity index (χ1v) is 10.6. The average molecular weight is 466 g/mol. The Morgan fingerprint density at radius 2 is 1.65 bits per heavy atom. The van der Waals surface area contributed by atoms with Crippen LogP contribution < -0.4 is 11.1 Å². The van der Waals surface area contributed by atoms with Crippen molar-refractivity contribution in [1.82, 2.24) is 4.90 Å². The molecular formula is C25H27N3O6. The van der Waals surface area contributed by atoms with Crippen LogP contribution in [0.15, 0.2) is 72.8 Å². The van der Waals surface area contributed by atoms with E-state index in [9.17, 15) is 24.9 Å². The maximum Gasteiger partial charge on any atom is 0.410 e. The van der Waals surface area contributed by atoms with Crippen LogP contribution in [-0.4, -0.2) is 52.0 Å². The molecule has 6 N–H and O–H groups in total. The average Bonchev–Trinajstić information content (AvgIpc) is 2.84. The van der Waals surface area contributed by atoms with Crippen molar-refractivity contribution in [2.45, 2.75) is 12.6 Å². The Labute approximate surface area is 197 Å². The summed E-state index contributed by atoms with van der Waals surface area (Å²) < 4.78 is 5.42. The standard InChI is InChI=1S/C25H27N3O6/c26-21-3-1-2-4-22(21)27-24(32)19-7-5-17(6-8-19)15-28(13-14-29)25(33)34-23(16-30)18-9-11-20(31)12-10-18/h1-12,23,29-31H,13-16,26H2,(H,27,32)/t23-/m1/s1. The topological polar surface area (TPSA) is 145 Å². The zero-order valence-corrected chi connectivity index (χ0v) is 18.4. The smallest absolute Gasteiger partial charge is 0.410 e. The van der Waals surface area contributed by atoms with Gasteiger partial charge in [-0.05, 0) is 47.5 Å². The number of carbonyl (C=O) groups excluding carboxylic acids is 2. The summed E-state index contributed by atoms with van der Waals surface area (Å²) in [6.07, 6.45) is -1.65.